The van der Waals surface area contributed by atoms with Crippen LogP contribution in [-0.2, 0) is 5.41 Å². The third-order valence-corrected chi connectivity index (χ3v) is 9.18. The van der Waals surface area contributed by atoms with Crippen LogP contribution >= 0.6 is 0 Å². The van der Waals surface area contributed by atoms with Crippen molar-refractivity contribution in [3.05, 3.63) is 157 Å². The summed E-state index contributed by atoms with van der Waals surface area (Å²) in [7, 11) is 0. The highest BCUT2D eigenvalue weighted by Crippen LogP contribution is 2.45. The van der Waals surface area contributed by atoms with Crippen molar-refractivity contribution >= 4 is 43.1 Å². The molecule has 8 rings (SSSR count). The number of hydrogen-bond donors (Lipinski definition) is 0. The van der Waals surface area contributed by atoms with E-state index in [0.29, 0.717) is 0 Å². The summed E-state index contributed by atoms with van der Waals surface area (Å²) < 4.78 is 0. The van der Waals surface area contributed by atoms with E-state index in [1.165, 1.54) is 82.0 Å². The lowest BCUT2D eigenvalue weighted by atomic mass is 9.81. The molecule has 0 radical (unpaired) electrons. The van der Waals surface area contributed by atoms with Crippen LogP contribution in [0, 0.1) is 0 Å². The van der Waals surface area contributed by atoms with Crippen molar-refractivity contribution in [2.24, 2.45) is 0 Å². The fourth-order valence-corrected chi connectivity index (χ4v) is 6.81. The largest absolute Gasteiger partial charge is 0.0616 e. The first-order valence-electron chi connectivity index (χ1n) is 15.5. The molecule has 0 spiro atoms. The molecule has 8 aromatic carbocycles. The fourth-order valence-electron chi connectivity index (χ4n) is 6.81. The summed E-state index contributed by atoms with van der Waals surface area (Å²) >= 11 is 0. The van der Waals surface area contributed by atoms with E-state index in [1.54, 1.807) is 0 Å². The molecule has 44 heavy (non-hydrogen) atoms. The van der Waals surface area contributed by atoms with Gasteiger partial charge in [0.1, 0.15) is 0 Å². The molecule has 0 aliphatic rings. The SMILES string of the molecule is CC(C)(C)c1ccc2c(-c3ccc4ccccc4c3)c3ccccc3c(-c3ccc(-c4ccc5ccccc5c4)cc3)c2c1. The Hall–Kier alpha value is -5.20. The van der Waals surface area contributed by atoms with Crippen LogP contribution in [0.2, 0.25) is 0 Å². The van der Waals surface area contributed by atoms with E-state index in [1.807, 2.05) is 0 Å². The topological polar surface area (TPSA) is 0 Å². The average Bonchev–Trinajstić information content (AvgIpc) is 3.06. The van der Waals surface area contributed by atoms with Crippen molar-refractivity contribution in [3.63, 3.8) is 0 Å². The van der Waals surface area contributed by atoms with E-state index >= 15 is 0 Å². The molecule has 0 amide bonds. The summed E-state index contributed by atoms with van der Waals surface area (Å²) in [6.45, 7) is 6.91. The van der Waals surface area contributed by atoms with Crippen molar-refractivity contribution in [2.75, 3.05) is 0 Å². The maximum Gasteiger partial charge on any atom is -0.00261 e. The lowest BCUT2D eigenvalue weighted by Crippen LogP contribution is -2.10. The minimum absolute atomic E-state index is 0.0418. The maximum absolute atomic E-state index is 2.44. The zero-order valence-electron chi connectivity index (χ0n) is 25.4. The molecule has 0 aliphatic heterocycles. The van der Waals surface area contributed by atoms with Gasteiger partial charge in [-0.3, -0.25) is 0 Å². The molecule has 0 fully saturated rings. The van der Waals surface area contributed by atoms with E-state index in [0.717, 1.165) is 0 Å². The van der Waals surface area contributed by atoms with E-state index in [4.69, 9.17) is 0 Å². The van der Waals surface area contributed by atoms with Crippen LogP contribution in [0.4, 0.5) is 0 Å². The molecule has 0 atom stereocenters. The van der Waals surface area contributed by atoms with Crippen molar-refractivity contribution < 1.29 is 0 Å². The summed E-state index contributed by atoms with van der Waals surface area (Å²) in [5.74, 6) is 0. The number of hydrogen-bond acceptors (Lipinski definition) is 0. The molecule has 0 bridgehead atoms. The van der Waals surface area contributed by atoms with Crippen LogP contribution < -0.4 is 0 Å². The molecule has 0 aliphatic carbocycles. The van der Waals surface area contributed by atoms with Crippen molar-refractivity contribution in [1.29, 1.82) is 0 Å². The van der Waals surface area contributed by atoms with Gasteiger partial charge in [-0.25, -0.2) is 0 Å². The Kier molecular flexibility index (Phi) is 6.13. The highest BCUT2D eigenvalue weighted by molar-refractivity contribution is 6.22. The second-order valence-corrected chi connectivity index (χ2v) is 13.0. The summed E-state index contributed by atoms with van der Waals surface area (Å²) in [6, 6.07) is 56.1. The molecule has 0 aromatic heterocycles. The monoisotopic (exact) mass is 562 g/mol. The van der Waals surface area contributed by atoms with Gasteiger partial charge >= 0.3 is 0 Å². The standard InChI is InChI=1S/C44H34/c1-44(2,3)37-24-25-40-41(28-37)42(32-20-16-31(17-21-32)35-22-18-29-10-4-6-12-33(29)26-35)38-14-8-9-15-39(38)43(40)36-23-19-30-11-5-7-13-34(30)27-36/h4-28H,1-3H3. The van der Waals surface area contributed by atoms with Gasteiger partial charge in [-0.1, -0.05) is 154 Å². The molecule has 8 aromatic rings. The first-order valence-corrected chi connectivity index (χ1v) is 15.5. The Bertz CT molecular complexity index is 2350. The van der Waals surface area contributed by atoms with Gasteiger partial charge < -0.3 is 0 Å². The Balaban J connectivity index is 1.38. The van der Waals surface area contributed by atoms with Gasteiger partial charge in [0.25, 0.3) is 0 Å². The van der Waals surface area contributed by atoms with Crippen molar-refractivity contribution in [1.82, 2.24) is 0 Å². The van der Waals surface area contributed by atoms with Crippen LogP contribution in [0.15, 0.2) is 152 Å². The third-order valence-electron chi connectivity index (χ3n) is 9.18. The van der Waals surface area contributed by atoms with Gasteiger partial charge in [0.05, 0.1) is 0 Å². The average molecular weight is 563 g/mol. The molecular weight excluding hydrogens is 528 g/mol. The molecular formula is C44H34. The quantitative estimate of drug-likeness (QED) is 0.188. The van der Waals surface area contributed by atoms with E-state index < -0.39 is 0 Å². The summed E-state index contributed by atoms with van der Waals surface area (Å²) in [4.78, 5) is 0. The van der Waals surface area contributed by atoms with Gasteiger partial charge in [-0.15, -0.1) is 0 Å². The van der Waals surface area contributed by atoms with Crippen LogP contribution in [0.1, 0.15) is 26.3 Å². The van der Waals surface area contributed by atoms with Gasteiger partial charge in [-0.2, -0.15) is 0 Å². The van der Waals surface area contributed by atoms with Crippen LogP contribution in [0.25, 0.3) is 76.5 Å². The molecule has 210 valence electrons. The predicted molar refractivity (Wildman–Crippen MR) is 191 cm³/mol. The Morgan fingerprint density at radius 2 is 0.773 bits per heavy atom. The van der Waals surface area contributed by atoms with Gasteiger partial charge in [0, 0.05) is 0 Å². The second-order valence-electron chi connectivity index (χ2n) is 13.0. The lowest BCUT2D eigenvalue weighted by Gasteiger charge is -2.23. The minimum atomic E-state index is 0.0418. The van der Waals surface area contributed by atoms with Crippen LogP contribution in [0.3, 0.4) is 0 Å². The second kappa shape index (κ2) is 10.2. The molecule has 0 unspecified atom stereocenters. The fraction of sp³-hybridized carbons (Fsp3) is 0.0909. The zero-order valence-corrected chi connectivity index (χ0v) is 25.4. The summed E-state index contributed by atoms with van der Waals surface area (Å²) in [5.41, 5.74) is 8.97. The lowest BCUT2D eigenvalue weighted by molar-refractivity contribution is 0.591. The van der Waals surface area contributed by atoms with Crippen LogP contribution in [0.5, 0.6) is 0 Å². The van der Waals surface area contributed by atoms with Gasteiger partial charge in [-0.05, 0) is 106 Å². The summed E-state index contributed by atoms with van der Waals surface area (Å²) in [6.07, 6.45) is 0. The Morgan fingerprint density at radius 3 is 1.39 bits per heavy atom. The maximum atomic E-state index is 2.44. The Labute approximate surface area is 259 Å². The number of benzene rings is 8. The highest BCUT2D eigenvalue weighted by atomic mass is 14.2. The first-order chi connectivity index (χ1) is 21.4. The molecule has 0 saturated carbocycles. The van der Waals surface area contributed by atoms with Crippen molar-refractivity contribution in [2.45, 2.75) is 26.2 Å². The van der Waals surface area contributed by atoms with Gasteiger partial charge in [0.15, 0.2) is 0 Å². The third kappa shape index (κ3) is 4.46. The Morgan fingerprint density at radius 1 is 0.318 bits per heavy atom. The van der Waals surface area contributed by atoms with Gasteiger partial charge in [0.2, 0.25) is 0 Å². The molecule has 0 saturated heterocycles. The molecule has 0 nitrogen and oxygen atoms in total. The van der Waals surface area contributed by atoms with Crippen molar-refractivity contribution in [3.8, 4) is 33.4 Å². The highest BCUT2D eigenvalue weighted by Gasteiger charge is 2.20. The van der Waals surface area contributed by atoms with E-state index in [9.17, 15) is 0 Å². The zero-order chi connectivity index (χ0) is 29.8. The van der Waals surface area contributed by atoms with Crippen LogP contribution in [-0.4, -0.2) is 0 Å². The predicted octanol–water partition coefficient (Wildman–Crippen LogP) is 12.6. The van der Waals surface area contributed by atoms with E-state index in [2.05, 4.69) is 172 Å². The number of rotatable bonds is 3. The first kappa shape index (κ1) is 26.4. The molecule has 0 N–H and O–H groups in total. The molecule has 0 heterocycles. The normalized spacial score (nSPS) is 12.0. The summed E-state index contributed by atoms with van der Waals surface area (Å²) in [5, 5.41) is 10.2. The minimum Gasteiger partial charge on any atom is -0.0616 e. The smallest absolute Gasteiger partial charge is 0.00261 e. The number of fused-ring (bicyclic) bond motifs is 4. The molecule has 0 heteroatoms. The van der Waals surface area contributed by atoms with E-state index in [-0.39, 0.29) is 5.41 Å².